The molecule has 1 amide bonds. The van der Waals surface area contributed by atoms with Gasteiger partial charge in [0.2, 0.25) is 5.91 Å². The Morgan fingerprint density at radius 1 is 1.35 bits per heavy atom. The summed E-state index contributed by atoms with van der Waals surface area (Å²) >= 11 is 0. The first-order valence-electron chi connectivity index (χ1n) is 6.89. The van der Waals surface area contributed by atoms with E-state index < -0.39 is 0 Å². The number of hydrogen-bond acceptors (Lipinski definition) is 3. The lowest BCUT2D eigenvalue weighted by atomic mass is 9.98. The maximum absolute atomic E-state index is 12.0. The summed E-state index contributed by atoms with van der Waals surface area (Å²) in [6.07, 6.45) is 6.41. The van der Waals surface area contributed by atoms with E-state index in [9.17, 15) is 4.79 Å². The Morgan fingerprint density at radius 2 is 2.12 bits per heavy atom. The first kappa shape index (κ1) is 12.8. The predicted octanol–water partition coefficient (Wildman–Crippen LogP) is 1.16. The van der Waals surface area contributed by atoms with E-state index in [4.69, 9.17) is 4.74 Å². The van der Waals surface area contributed by atoms with Crippen LogP contribution in [-0.2, 0) is 9.53 Å². The molecule has 1 atom stereocenters. The molecule has 4 nitrogen and oxygen atoms in total. The molecule has 2 aliphatic rings. The van der Waals surface area contributed by atoms with Crippen LogP contribution >= 0.6 is 0 Å². The third-order valence-electron chi connectivity index (χ3n) is 3.82. The van der Waals surface area contributed by atoms with E-state index in [-0.39, 0.29) is 12.5 Å². The second-order valence-corrected chi connectivity index (χ2v) is 5.21. The lowest BCUT2D eigenvalue weighted by Gasteiger charge is -2.34. The highest BCUT2D eigenvalue weighted by molar-refractivity contribution is 5.77. The van der Waals surface area contributed by atoms with Gasteiger partial charge in [0.1, 0.15) is 6.61 Å². The minimum absolute atomic E-state index is 0.157. The van der Waals surface area contributed by atoms with Crippen LogP contribution in [0.2, 0.25) is 0 Å². The van der Waals surface area contributed by atoms with Crippen LogP contribution < -0.4 is 5.32 Å². The molecule has 98 valence electrons. The largest absolute Gasteiger partial charge is 0.368 e. The zero-order chi connectivity index (χ0) is 12.1. The third kappa shape index (κ3) is 3.68. The molecule has 1 saturated carbocycles. The fourth-order valence-electron chi connectivity index (χ4n) is 2.72. The van der Waals surface area contributed by atoms with Gasteiger partial charge in [0.25, 0.3) is 0 Å². The van der Waals surface area contributed by atoms with Crippen LogP contribution in [0, 0.1) is 0 Å². The summed E-state index contributed by atoms with van der Waals surface area (Å²) in [6.45, 7) is 4.97. The number of ether oxygens (including phenoxy) is 1. The summed E-state index contributed by atoms with van der Waals surface area (Å²) < 4.78 is 5.73. The van der Waals surface area contributed by atoms with Gasteiger partial charge in [-0.25, -0.2) is 0 Å². The molecule has 0 aromatic heterocycles. The van der Waals surface area contributed by atoms with E-state index in [0.29, 0.717) is 12.1 Å². The molecule has 0 spiro atoms. The molecule has 4 heteroatoms. The van der Waals surface area contributed by atoms with Gasteiger partial charge in [-0.15, -0.1) is 0 Å². The Morgan fingerprint density at radius 3 is 2.82 bits per heavy atom. The van der Waals surface area contributed by atoms with Crippen molar-refractivity contribution >= 4 is 5.91 Å². The molecule has 0 aromatic carbocycles. The van der Waals surface area contributed by atoms with Gasteiger partial charge in [0, 0.05) is 25.7 Å². The Kier molecular flexibility index (Phi) is 4.80. The van der Waals surface area contributed by atoms with Crippen LogP contribution in [0.4, 0.5) is 0 Å². The molecule has 1 saturated heterocycles. The summed E-state index contributed by atoms with van der Waals surface area (Å²) in [7, 11) is 0. The topological polar surface area (TPSA) is 41.6 Å². The number of carbonyl (C=O) groups excluding carboxylic acids is 1. The molecule has 0 bridgehead atoms. The van der Waals surface area contributed by atoms with Crippen LogP contribution in [0.15, 0.2) is 0 Å². The molecule has 2 fully saturated rings. The molecule has 1 heterocycles. The number of hydrogen-bond donors (Lipinski definition) is 1. The van der Waals surface area contributed by atoms with Gasteiger partial charge in [0.15, 0.2) is 0 Å². The van der Waals surface area contributed by atoms with Crippen LogP contribution in [0.25, 0.3) is 0 Å². The molecule has 1 aliphatic heterocycles. The van der Waals surface area contributed by atoms with E-state index in [1.54, 1.807) is 0 Å². The summed E-state index contributed by atoms with van der Waals surface area (Å²) in [5.41, 5.74) is 0. The first-order chi connectivity index (χ1) is 8.27. The van der Waals surface area contributed by atoms with E-state index in [1.807, 2.05) is 4.90 Å². The van der Waals surface area contributed by atoms with E-state index in [1.165, 1.54) is 19.3 Å². The van der Waals surface area contributed by atoms with Crippen molar-refractivity contribution in [2.45, 2.75) is 51.2 Å². The highest BCUT2D eigenvalue weighted by Gasteiger charge is 2.24. The van der Waals surface area contributed by atoms with Crippen LogP contribution in [0.3, 0.4) is 0 Å². The van der Waals surface area contributed by atoms with E-state index in [2.05, 4.69) is 12.2 Å². The fourth-order valence-corrected chi connectivity index (χ4v) is 2.72. The normalized spacial score (nSPS) is 27.1. The fraction of sp³-hybridized carbons (Fsp3) is 0.923. The third-order valence-corrected chi connectivity index (χ3v) is 3.82. The summed E-state index contributed by atoms with van der Waals surface area (Å²) in [6, 6.07) is 0.297. The van der Waals surface area contributed by atoms with Crippen LogP contribution in [0.5, 0.6) is 0 Å². The summed E-state index contributed by atoms with van der Waals surface area (Å²) in [5, 5.41) is 3.29. The van der Waals surface area contributed by atoms with Crippen molar-refractivity contribution in [3.8, 4) is 0 Å². The Balaban J connectivity index is 1.72. The van der Waals surface area contributed by atoms with Gasteiger partial charge in [0.05, 0.1) is 6.10 Å². The quantitative estimate of drug-likeness (QED) is 0.805. The second kappa shape index (κ2) is 6.36. The summed E-state index contributed by atoms with van der Waals surface area (Å²) in [4.78, 5) is 14.0. The molecule has 17 heavy (non-hydrogen) atoms. The van der Waals surface area contributed by atoms with Crippen molar-refractivity contribution in [3.63, 3.8) is 0 Å². The standard InChI is InChI=1S/C13H24N2O2/c1-11-9-14-7-8-15(11)13(16)10-17-12-5-3-2-4-6-12/h11-12,14H,2-10H2,1H3/t11-/m0/s1. The van der Waals surface area contributed by atoms with Crippen molar-refractivity contribution in [2.24, 2.45) is 0 Å². The van der Waals surface area contributed by atoms with Crippen LogP contribution in [-0.4, -0.2) is 49.2 Å². The molecular formula is C13H24N2O2. The number of piperazine rings is 1. The van der Waals surface area contributed by atoms with E-state index >= 15 is 0 Å². The predicted molar refractivity (Wildman–Crippen MR) is 66.9 cm³/mol. The Bertz CT molecular complexity index is 252. The molecule has 0 aromatic rings. The van der Waals surface area contributed by atoms with Gasteiger partial charge in [-0.1, -0.05) is 19.3 Å². The second-order valence-electron chi connectivity index (χ2n) is 5.21. The van der Waals surface area contributed by atoms with Gasteiger partial charge in [-0.3, -0.25) is 4.79 Å². The molecule has 1 N–H and O–H groups in total. The maximum atomic E-state index is 12.0. The molecule has 2 rings (SSSR count). The Labute approximate surface area is 104 Å². The Hall–Kier alpha value is -0.610. The zero-order valence-electron chi connectivity index (χ0n) is 10.8. The molecule has 0 radical (unpaired) electrons. The lowest BCUT2D eigenvalue weighted by Crippen LogP contribution is -2.53. The number of carbonyl (C=O) groups is 1. The lowest BCUT2D eigenvalue weighted by molar-refractivity contribution is -0.141. The average molecular weight is 240 g/mol. The monoisotopic (exact) mass is 240 g/mol. The molecule has 1 aliphatic carbocycles. The maximum Gasteiger partial charge on any atom is 0.248 e. The molecular weight excluding hydrogens is 216 g/mol. The van der Waals surface area contributed by atoms with Crippen molar-refractivity contribution in [3.05, 3.63) is 0 Å². The number of nitrogens with zero attached hydrogens (tertiary/aromatic N) is 1. The minimum atomic E-state index is 0.157. The number of amides is 1. The number of nitrogens with one attached hydrogen (secondary N) is 1. The highest BCUT2D eigenvalue weighted by atomic mass is 16.5. The van der Waals surface area contributed by atoms with Crippen molar-refractivity contribution in [1.29, 1.82) is 0 Å². The number of rotatable bonds is 3. The van der Waals surface area contributed by atoms with Crippen LogP contribution in [0.1, 0.15) is 39.0 Å². The van der Waals surface area contributed by atoms with E-state index in [0.717, 1.165) is 32.5 Å². The summed E-state index contributed by atoms with van der Waals surface area (Å²) in [5.74, 6) is 0.157. The highest BCUT2D eigenvalue weighted by Crippen LogP contribution is 2.20. The first-order valence-corrected chi connectivity index (χ1v) is 6.89. The average Bonchev–Trinajstić information content (AvgIpc) is 2.38. The molecule has 0 unspecified atom stereocenters. The van der Waals surface area contributed by atoms with Crippen molar-refractivity contribution in [1.82, 2.24) is 10.2 Å². The SMILES string of the molecule is C[C@H]1CNCCN1C(=O)COC1CCCCC1. The van der Waals surface area contributed by atoms with Crippen molar-refractivity contribution < 1.29 is 9.53 Å². The van der Waals surface area contributed by atoms with Crippen molar-refractivity contribution in [2.75, 3.05) is 26.2 Å². The smallest absolute Gasteiger partial charge is 0.248 e. The minimum Gasteiger partial charge on any atom is -0.368 e. The van der Waals surface area contributed by atoms with Gasteiger partial charge in [-0.2, -0.15) is 0 Å². The van der Waals surface area contributed by atoms with Gasteiger partial charge in [-0.05, 0) is 19.8 Å². The zero-order valence-corrected chi connectivity index (χ0v) is 10.8. The van der Waals surface area contributed by atoms with Gasteiger partial charge < -0.3 is 15.0 Å². The van der Waals surface area contributed by atoms with Gasteiger partial charge >= 0.3 is 0 Å².